The van der Waals surface area contributed by atoms with Gasteiger partial charge in [-0.2, -0.15) is 0 Å². The summed E-state index contributed by atoms with van der Waals surface area (Å²) in [5, 5.41) is 10.1. The van der Waals surface area contributed by atoms with E-state index in [1.165, 1.54) is 0 Å². The summed E-state index contributed by atoms with van der Waals surface area (Å²) in [6, 6.07) is 30.9. The Morgan fingerprint density at radius 3 is 1.52 bits per heavy atom. The zero-order valence-corrected chi connectivity index (χ0v) is 15.3. The molecule has 0 bridgehead atoms. The number of hydrogen-bond donors (Lipinski definition) is 1. The van der Waals surface area contributed by atoms with Crippen molar-refractivity contribution in [3.63, 3.8) is 0 Å². The SMILES string of the molecule is C=C1C[C@H](O)[C@@H]1COC(c1ccccc1)(c1ccccc1)c1ccccc1. The van der Waals surface area contributed by atoms with Gasteiger partial charge in [0.1, 0.15) is 5.60 Å². The minimum Gasteiger partial charge on any atom is -0.392 e. The summed E-state index contributed by atoms with van der Waals surface area (Å²) in [4.78, 5) is 0. The van der Waals surface area contributed by atoms with Crippen LogP contribution < -0.4 is 0 Å². The molecule has 0 radical (unpaired) electrons. The molecule has 136 valence electrons. The first-order chi connectivity index (χ1) is 13.2. The van der Waals surface area contributed by atoms with E-state index in [0.717, 1.165) is 22.3 Å². The summed E-state index contributed by atoms with van der Waals surface area (Å²) in [6.07, 6.45) is 0.306. The number of ether oxygens (including phenoxy) is 1. The van der Waals surface area contributed by atoms with E-state index < -0.39 is 5.60 Å². The molecule has 3 aromatic carbocycles. The Kier molecular flexibility index (Phi) is 4.93. The fourth-order valence-electron chi connectivity index (χ4n) is 3.89. The summed E-state index contributed by atoms with van der Waals surface area (Å²) in [5.41, 5.74) is 3.54. The lowest BCUT2D eigenvalue weighted by Crippen LogP contribution is -2.41. The number of benzene rings is 3. The molecule has 0 amide bonds. The van der Waals surface area contributed by atoms with Crippen molar-refractivity contribution in [2.45, 2.75) is 18.1 Å². The lowest BCUT2D eigenvalue weighted by atomic mass is 9.76. The van der Waals surface area contributed by atoms with Gasteiger partial charge in [-0.15, -0.1) is 0 Å². The van der Waals surface area contributed by atoms with E-state index in [4.69, 9.17) is 4.74 Å². The van der Waals surface area contributed by atoms with Gasteiger partial charge in [-0.05, 0) is 23.1 Å². The van der Waals surface area contributed by atoms with Crippen LogP contribution >= 0.6 is 0 Å². The molecule has 0 saturated heterocycles. The van der Waals surface area contributed by atoms with E-state index in [1.807, 2.05) is 54.6 Å². The van der Waals surface area contributed by atoms with Crippen molar-refractivity contribution >= 4 is 0 Å². The van der Waals surface area contributed by atoms with Crippen LogP contribution in [0.15, 0.2) is 103 Å². The molecule has 1 saturated carbocycles. The number of aliphatic hydroxyl groups is 1. The topological polar surface area (TPSA) is 29.5 Å². The number of aliphatic hydroxyl groups excluding tert-OH is 1. The monoisotopic (exact) mass is 356 g/mol. The predicted octanol–water partition coefficient (Wildman–Crippen LogP) is 4.93. The van der Waals surface area contributed by atoms with Crippen LogP contribution in [0.2, 0.25) is 0 Å². The zero-order valence-electron chi connectivity index (χ0n) is 15.3. The van der Waals surface area contributed by atoms with Gasteiger partial charge >= 0.3 is 0 Å². The van der Waals surface area contributed by atoms with Crippen LogP contribution in [0, 0.1) is 5.92 Å². The maximum Gasteiger partial charge on any atom is 0.143 e. The van der Waals surface area contributed by atoms with Crippen LogP contribution in [0.5, 0.6) is 0 Å². The standard InChI is InChI=1S/C25H24O2/c1-19-17-24(26)23(19)18-27-25(20-11-5-2-6-12-20,21-13-7-3-8-14-21)22-15-9-4-10-16-22/h2-16,23-24,26H,1,17-18H2/t23-,24+/m1/s1. The van der Waals surface area contributed by atoms with Crippen LogP contribution in [0.25, 0.3) is 0 Å². The molecule has 2 atom stereocenters. The van der Waals surface area contributed by atoms with E-state index >= 15 is 0 Å². The first-order valence-corrected chi connectivity index (χ1v) is 9.38. The van der Waals surface area contributed by atoms with Crippen molar-refractivity contribution in [2.75, 3.05) is 6.61 Å². The third-order valence-corrected chi connectivity index (χ3v) is 5.48. The average Bonchev–Trinajstić information content (AvgIpc) is 2.73. The predicted molar refractivity (Wildman–Crippen MR) is 108 cm³/mol. The van der Waals surface area contributed by atoms with Gasteiger partial charge in [0.2, 0.25) is 0 Å². The molecule has 1 aliphatic rings. The molecule has 1 aliphatic carbocycles. The lowest BCUT2D eigenvalue weighted by Gasteiger charge is -2.41. The van der Waals surface area contributed by atoms with Crippen molar-refractivity contribution in [3.05, 3.63) is 120 Å². The van der Waals surface area contributed by atoms with Gasteiger partial charge in [-0.25, -0.2) is 0 Å². The molecule has 0 aliphatic heterocycles. The molecule has 2 nitrogen and oxygen atoms in total. The zero-order chi connectivity index (χ0) is 18.7. The average molecular weight is 356 g/mol. The van der Waals surface area contributed by atoms with Crippen LogP contribution in [0.1, 0.15) is 23.1 Å². The Labute approximate surface area is 160 Å². The Bertz CT molecular complexity index is 791. The van der Waals surface area contributed by atoms with Crippen molar-refractivity contribution in [3.8, 4) is 0 Å². The molecule has 0 unspecified atom stereocenters. The van der Waals surface area contributed by atoms with Gasteiger partial charge in [-0.3, -0.25) is 0 Å². The minimum absolute atomic E-state index is 0.0134. The Balaban J connectivity index is 1.85. The molecular formula is C25H24O2. The van der Waals surface area contributed by atoms with Crippen LogP contribution in [0.4, 0.5) is 0 Å². The van der Waals surface area contributed by atoms with Crippen molar-refractivity contribution in [1.29, 1.82) is 0 Å². The smallest absolute Gasteiger partial charge is 0.143 e. The molecule has 3 aromatic rings. The first kappa shape index (κ1) is 17.7. The molecule has 2 heteroatoms. The minimum atomic E-state index is -0.737. The second-order valence-electron chi connectivity index (χ2n) is 7.13. The van der Waals surface area contributed by atoms with Crippen molar-refractivity contribution in [1.82, 2.24) is 0 Å². The largest absolute Gasteiger partial charge is 0.392 e. The fraction of sp³-hybridized carbons (Fsp3) is 0.200. The summed E-state index contributed by atoms with van der Waals surface area (Å²) >= 11 is 0. The summed E-state index contributed by atoms with van der Waals surface area (Å²) in [5.74, 6) is -0.0134. The van der Waals surface area contributed by atoms with Gasteiger partial charge < -0.3 is 9.84 Å². The number of rotatable bonds is 6. The maximum atomic E-state index is 10.1. The second-order valence-corrected chi connectivity index (χ2v) is 7.13. The van der Waals surface area contributed by atoms with Crippen LogP contribution in [-0.2, 0) is 10.3 Å². The Morgan fingerprint density at radius 1 is 0.778 bits per heavy atom. The van der Waals surface area contributed by atoms with E-state index in [0.29, 0.717) is 13.0 Å². The number of hydrogen-bond acceptors (Lipinski definition) is 2. The highest BCUT2D eigenvalue weighted by atomic mass is 16.5. The highest BCUT2D eigenvalue weighted by molar-refractivity contribution is 5.47. The second kappa shape index (κ2) is 7.51. The Morgan fingerprint density at radius 2 is 1.19 bits per heavy atom. The molecule has 0 aromatic heterocycles. The van der Waals surface area contributed by atoms with Crippen molar-refractivity contribution in [2.24, 2.45) is 5.92 Å². The molecule has 1 N–H and O–H groups in total. The highest BCUT2D eigenvalue weighted by Gasteiger charge is 2.41. The normalized spacial score (nSPS) is 19.5. The van der Waals surface area contributed by atoms with Crippen LogP contribution in [0.3, 0.4) is 0 Å². The van der Waals surface area contributed by atoms with Gasteiger partial charge in [0.15, 0.2) is 0 Å². The molecule has 4 rings (SSSR count). The van der Waals surface area contributed by atoms with Gasteiger partial charge in [0, 0.05) is 5.92 Å². The molecule has 0 heterocycles. The lowest BCUT2D eigenvalue weighted by molar-refractivity contribution is -0.0469. The summed E-state index contributed by atoms with van der Waals surface area (Å²) in [6.45, 7) is 4.50. The van der Waals surface area contributed by atoms with Crippen LogP contribution in [-0.4, -0.2) is 17.8 Å². The molecule has 0 spiro atoms. The Hall–Kier alpha value is -2.68. The third kappa shape index (κ3) is 3.23. The summed E-state index contributed by atoms with van der Waals surface area (Å²) < 4.78 is 6.71. The molecule has 27 heavy (non-hydrogen) atoms. The highest BCUT2D eigenvalue weighted by Crippen LogP contribution is 2.42. The van der Waals surface area contributed by atoms with Gasteiger partial charge in [0.05, 0.1) is 12.7 Å². The first-order valence-electron chi connectivity index (χ1n) is 9.38. The van der Waals surface area contributed by atoms with E-state index in [1.54, 1.807) is 0 Å². The molecule has 1 fully saturated rings. The third-order valence-electron chi connectivity index (χ3n) is 5.48. The van der Waals surface area contributed by atoms with E-state index in [9.17, 15) is 5.11 Å². The quantitative estimate of drug-likeness (QED) is 0.501. The molecular weight excluding hydrogens is 332 g/mol. The van der Waals surface area contributed by atoms with E-state index in [2.05, 4.69) is 43.0 Å². The maximum absolute atomic E-state index is 10.1. The fourth-order valence-corrected chi connectivity index (χ4v) is 3.89. The van der Waals surface area contributed by atoms with Gasteiger partial charge in [0.25, 0.3) is 0 Å². The summed E-state index contributed by atoms with van der Waals surface area (Å²) in [7, 11) is 0. The van der Waals surface area contributed by atoms with Crippen molar-refractivity contribution < 1.29 is 9.84 Å². The van der Waals surface area contributed by atoms with Gasteiger partial charge in [-0.1, -0.05) is 103 Å². The van der Waals surface area contributed by atoms with E-state index in [-0.39, 0.29) is 12.0 Å².